The number of fused-ring (bicyclic) bond motifs is 2. The van der Waals surface area contributed by atoms with Crippen LogP contribution < -0.4 is 9.80 Å². The number of aliphatic hydroxyl groups is 1. The van der Waals surface area contributed by atoms with Crippen LogP contribution in [-0.4, -0.2) is 77.0 Å². The number of β-lactam (4-membered cyclic amide) rings is 1. The number of carbonyl (C=O) groups excluding carboxylic acids is 3. The van der Waals surface area contributed by atoms with E-state index >= 15 is 0 Å². The number of benzene rings is 1. The Bertz CT molecular complexity index is 1310. The minimum absolute atomic E-state index is 0.0154. The Morgan fingerprint density at radius 1 is 1.31 bits per heavy atom. The van der Waals surface area contributed by atoms with Crippen molar-refractivity contribution < 1.29 is 33.8 Å². The third-order valence-corrected chi connectivity index (χ3v) is 10.7. The van der Waals surface area contributed by atoms with Gasteiger partial charge in [0.1, 0.15) is 0 Å². The van der Waals surface area contributed by atoms with Crippen molar-refractivity contribution in [3.63, 3.8) is 0 Å². The van der Waals surface area contributed by atoms with Crippen molar-refractivity contribution in [1.29, 1.82) is 0 Å². The highest BCUT2D eigenvalue weighted by molar-refractivity contribution is 6.71. The molecular formula is C26H35N5O7Si. The molecule has 5 rings (SSSR count). The first-order valence-electron chi connectivity index (χ1n) is 13.2. The number of anilines is 2. The lowest BCUT2D eigenvalue weighted by atomic mass is 9.82. The summed E-state index contributed by atoms with van der Waals surface area (Å²) in [6.07, 6.45) is 1.68. The number of aromatic nitrogens is 3. The number of likely N-dealkylation sites (N-methyl/N-ethyl adjacent to an activating group) is 1. The number of hydrogen-bond acceptors (Lipinski definition) is 9. The van der Waals surface area contributed by atoms with Crippen LogP contribution in [0.4, 0.5) is 11.4 Å². The van der Waals surface area contributed by atoms with Gasteiger partial charge < -0.3 is 24.3 Å². The van der Waals surface area contributed by atoms with E-state index in [0.29, 0.717) is 42.0 Å². The summed E-state index contributed by atoms with van der Waals surface area (Å²) in [7, 11) is -1.13. The smallest absolute Gasteiger partial charge is 0.304 e. The molecule has 1 aromatic heterocycles. The molecule has 2 N–H and O–H groups in total. The van der Waals surface area contributed by atoms with E-state index in [1.165, 1.54) is 11.8 Å². The van der Waals surface area contributed by atoms with E-state index in [1.807, 2.05) is 20.0 Å². The fourth-order valence-corrected chi connectivity index (χ4v) is 9.11. The van der Waals surface area contributed by atoms with E-state index < -0.39 is 32.2 Å². The average molecular weight is 558 g/mol. The topological polar surface area (TPSA) is 147 Å². The molecule has 39 heavy (non-hydrogen) atoms. The van der Waals surface area contributed by atoms with Crippen molar-refractivity contribution in [1.82, 2.24) is 15.0 Å². The predicted molar refractivity (Wildman–Crippen MR) is 142 cm³/mol. The number of aliphatic hydroxyl groups excluding tert-OH is 1. The second-order valence-electron chi connectivity index (χ2n) is 11.2. The average Bonchev–Trinajstić information content (AvgIpc) is 3.48. The van der Waals surface area contributed by atoms with E-state index in [9.17, 15) is 24.3 Å². The van der Waals surface area contributed by atoms with Gasteiger partial charge in [-0.05, 0) is 37.7 Å². The standard InChI is InChI=1S/C26H35N5O7Si/c1-15-24(39(4,5)36)21(8-10-30-14-17(9-11-32)27-28-30)38-26(15)19-12-18(6-7-20(19)29(3)25(26)35)31-22(34)13-23(31)37-16(2)33/h6-7,12,14-15,21,23-24,32,36H,8-11,13H2,1-5H3/t15-,21+,23?,24-,26+/m0/s1. The quantitative estimate of drug-likeness (QED) is 0.278. The highest BCUT2D eigenvalue weighted by atomic mass is 28.4. The Morgan fingerprint density at radius 3 is 2.69 bits per heavy atom. The van der Waals surface area contributed by atoms with Crippen LogP contribution in [0.3, 0.4) is 0 Å². The Kier molecular flexibility index (Phi) is 6.90. The lowest BCUT2D eigenvalue weighted by Gasteiger charge is -2.39. The molecule has 0 aliphatic carbocycles. The largest absolute Gasteiger partial charge is 0.441 e. The van der Waals surface area contributed by atoms with E-state index in [1.54, 1.807) is 41.0 Å². The zero-order valence-corrected chi connectivity index (χ0v) is 23.8. The minimum Gasteiger partial charge on any atom is -0.441 e. The van der Waals surface area contributed by atoms with E-state index in [4.69, 9.17) is 9.47 Å². The molecule has 0 radical (unpaired) electrons. The summed E-state index contributed by atoms with van der Waals surface area (Å²) in [4.78, 5) is 52.4. The fourth-order valence-electron chi connectivity index (χ4n) is 6.51. The lowest BCUT2D eigenvalue weighted by molar-refractivity contribution is -0.153. The van der Waals surface area contributed by atoms with Crippen molar-refractivity contribution in [2.45, 2.75) is 76.2 Å². The van der Waals surface area contributed by atoms with Gasteiger partial charge in [-0.25, -0.2) is 0 Å². The first-order valence-corrected chi connectivity index (χ1v) is 16.2. The molecule has 3 aliphatic heterocycles. The van der Waals surface area contributed by atoms with Gasteiger partial charge in [0.2, 0.25) is 5.91 Å². The third kappa shape index (κ3) is 4.46. The van der Waals surface area contributed by atoms with Crippen LogP contribution in [0.1, 0.15) is 37.9 Å². The number of hydrogen-bond donors (Lipinski definition) is 2. The van der Waals surface area contributed by atoms with Crippen LogP contribution in [0.5, 0.6) is 0 Å². The maximum Gasteiger partial charge on any atom is 0.304 e. The number of nitrogens with zero attached hydrogens (tertiary/aromatic N) is 5. The van der Waals surface area contributed by atoms with Crippen molar-refractivity contribution >= 4 is 37.5 Å². The number of ether oxygens (including phenoxy) is 2. The third-order valence-electron chi connectivity index (χ3n) is 8.18. The molecule has 2 amide bonds. The molecule has 2 fully saturated rings. The van der Waals surface area contributed by atoms with Crippen molar-refractivity contribution in [2.24, 2.45) is 5.92 Å². The maximum atomic E-state index is 13.9. The van der Waals surface area contributed by atoms with Gasteiger partial charge in [-0.1, -0.05) is 12.1 Å². The SMILES string of the molecule is CC(=O)OC1CC(=O)N1c1ccc2c(c1)[C@@]1(O[C@H](CCn3cc(CCO)nn3)[C@@H]([Si](C)(C)O)[C@@H]1C)C(=O)N2C. The van der Waals surface area contributed by atoms with E-state index in [0.717, 1.165) is 0 Å². The summed E-state index contributed by atoms with van der Waals surface area (Å²) < 4.78 is 13.7. The first-order chi connectivity index (χ1) is 18.4. The Balaban J connectivity index is 1.50. The van der Waals surface area contributed by atoms with E-state index in [-0.39, 0.29) is 36.3 Å². The monoisotopic (exact) mass is 557 g/mol. The zero-order valence-electron chi connectivity index (χ0n) is 22.8. The molecule has 210 valence electrons. The van der Waals surface area contributed by atoms with Gasteiger partial charge in [0, 0.05) is 62.5 Å². The van der Waals surface area contributed by atoms with Gasteiger partial charge in [-0.3, -0.25) is 24.0 Å². The predicted octanol–water partition coefficient (Wildman–Crippen LogP) is 1.30. The summed E-state index contributed by atoms with van der Waals surface area (Å²) in [5.74, 6) is -1.22. The number of amides is 2. The number of rotatable bonds is 8. The van der Waals surface area contributed by atoms with E-state index in [2.05, 4.69) is 10.3 Å². The molecule has 3 aliphatic rings. The van der Waals surface area contributed by atoms with Crippen molar-refractivity contribution in [2.75, 3.05) is 23.5 Å². The number of esters is 1. The summed E-state index contributed by atoms with van der Waals surface area (Å²) >= 11 is 0. The second-order valence-corrected chi connectivity index (χ2v) is 15.2. The van der Waals surface area contributed by atoms with Crippen LogP contribution in [0.15, 0.2) is 24.4 Å². The van der Waals surface area contributed by atoms with Crippen LogP contribution in [0.25, 0.3) is 0 Å². The highest BCUT2D eigenvalue weighted by Crippen LogP contribution is 2.60. The van der Waals surface area contributed by atoms with Crippen LogP contribution in [0, 0.1) is 5.92 Å². The summed E-state index contributed by atoms with van der Waals surface area (Å²) in [6.45, 7) is 7.43. The molecular weight excluding hydrogens is 522 g/mol. The Morgan fingerprint density at radius 2 is 2.05 bits per heavy atom. The normalized spacial score (nSPS) is 28.3. The molecule has 1 spiro atoms. The molecule has 13 heteroatoms. The van der Waals surface area contributed by atoms with Crippen LogP contribution >= 0.6 is 0 Å². The van der Waals surface area contributed by atoms with Gasteiger partial charge in [0.25, 0.3) is 5.91 Å². The van der Waals surface area contributed by atoms with Gasteiger partial charge in [-0.2, -0.15) is 0 Å². The van der Waals surface area contributed by atoms with Gasteiger partial charge in [0.05, 0.1) is 23.9 Å². The molecule has 12 nitrogen and oxygen atoms in total. The molecule has 2 saturated heterocycles. The summed E-state index contributed by atoms with van der Waals surface area (Å²) in [5.41, 5.74) is 0.924. The first kappa shape index (κ1) is 27.4. The second kappa shape index (κ2) is 9.80. The molecule has 2 aromatic rings. The molecule has 5 atom stereocenters. The van der Waals surface area contributed by atoms with Crippen molar-refractivity contribution in [3.8, 4) is 0 Å². The van der Waals surface area contributed by atoms with Crippen LogP contribution in [-0.2, 0) is 42.4 Å². The zero-order chi connectivity index (χ0) is 28.3. The molecule has 1 aromatic carbocycles. The van der Waals surface area contributed by atoms with Gasteiger partial charge >= 0.3 is 5.97 Å². The summed E-state index contributed by atoms with van der Waals surface area (Å²) in [5, 5.41) is 17.4. The number of carbonyl (C=O) groups is 3. The van der Waals surface area contributed by atoms with Crippen molar-refractivity contribution in [3.05, 3.63) is 35.7 Å². The summed E-state index contributed by atoms with van der Waals surface area (Å²) in [6, 6.07) is 5.31. The van der Waals surface area contributed by atoms with Gasteiger partial charge in [-0.15, -0.1) is 5.10 Å². The fraction of sp³-hybridized carbons (Fsp3) is 0.577. The highest BCUT2D eigenvalue weighted by Gasteiger charge is 2.65. The Labute approximate surface area is 227 Å². The lowest BCUT2D eigenvalue weighted by Crippen LogP contribution is -2.55. The minimum atomic E-state index is -2.83. The molecule has 0 saturated carbocycles. The van der Waals surface area contributed by atoms with Crippen LogP contribution in [0.2, 0.25) is 18.6 Å². The molecule has 1 unspecified atom stereocenters. The molecule has 4 heterocycles. The van der Waals surface area contributed by atoms with Gasteiger partial charge in [0.15, 0.2) is 20.1 Å². The number of aryl methyl sites for hydroxylation is 1. The Hall–Kier alpha value is -3.13. The maximum absolute atomic E-state index is 13.9. The molecule has 0 bridgehead atoms.